The molecule has 214 valence electrons. The molecule has 4 aromatic carbocycles. The maximum Gasteiger partial charge on any atom is 0.217 e. The lowest BCUT2D eigenvalue weighted by Crippen LogP contribution is -2.37. The average molecular weight is 644 g/mol. The number of methoxy groups -OCH3 is 1. The fraction of sp³-hybridized carbons (Fsp3) is 0.200. The normalized spacial score (nSPS) is 13.6. The van der Waals surface area contributed by atoms with Crippen molar-refractivity contribution in [1.82, 2.24) is 9.88 Å². The van der Waals surface area contributed by atoms with Gasteiger partial charge in [-0.15, -0.1) is 0 Å². The second-order valence-corrected chi connectivity index (χ2v) is 12.0. The van der Waals surface area contributed by atoms with Crippen molar-refractivity contribution in [2.75, 3.05) is 27.7 Å². The van der Waals surface area contributed by atoms with Gasteiger partial charge in [-0.2, -0.15) is 0 Å². The summed E-state index contributed by atoms with van der Waals surface area (Å²) in [6, 6.07) is 32.1. The largest absolute Gasteiger partial charge is 0.481 e. The molecule has 0 aliphatic carbocycles. The van der Waals surface area contributed by atoms with E-state index in [0.29, 0.717) is 46.1 Å². The molecule has 0 bridgehead atoms. The number of ether oxygens (including phenoxy) is 1. The van der Waals surface area contributed by atoms with Gasteiger partial charge in [0.15, 0.2) is 5.78 Å². The molecule has 2 atom stereocenters. The number of pyridine rings is 1. The van der Waals surface area contributed by atoms with Gasteiger partial charge in [-0.05, 0) is 80.2 Å². The van der Waals surface area contributed by atoms with E-state index in [1.165, 1.54) is 0 Å². The Morgan fingerprint density at radius 3 is 2.33 bits per heavy atom. The number of carbonyl (C=O) groups excluding carboxylic acids is 1. The number of rotatable bonds is 10. The van der Waals surface area contributed by atoms with Gasteiger partial charge in [0.05, 0.1) is 12.6 Å². The van der Waals surface area contributed by atoms with Crippen LogP contribution < -0.4 is 4.74 Å². The van der Waals surface area contributed by atoms with Crippen LogP contribution in [0.1, 0.15) is 45.0 Å². The molecule has 0 spiro atoms. The van der Waals surface area contributed by atoms with Crippen LogP contribution in [0, 0.1) is 0 Å². The van der Waals surface area contributed by atoms with Crippen LogP contribution in [-0.4, -0.2) is 48.5 Å². The van der Waals surface area contributed by atoms with Crippen molar-refractivity contribution in [3.63, 3.8) is 0 Å². The van der Waals surface area contributed by atoms with Crippen molar-refractivity contribution in [1.29, 1.82) is 0 Å². The number of hydrogen-bond donors (Lipinski definition) is 1. The first-order valence-corrected chi connectivity index (χ1v) is 14.8. The second kappa shape index (κ2) is 12.8. The molecule has 0 aliphatic rings. The van der Waals surface area contributed by atoms with Crippen LogP contribution >= 0.6 is 27.5 Å². The topological polar surface area (TPSA) is 62.7 Å². The molecule has 1 N–H and O–H groups in total. The summed E-state index contributed by atoms with van der Waals surface area (Å²) < 4.78 is 6.71. The van der Waals surface area contributed by atoms with Gasteiger partial charge in [0, 0.05) is 44.0 Å². The second-order valence-electron chi connectivity index (χ2n) is 10.7. The van der Waals surface area contributed by atoms with Gasteiger partial charge in [0.2, 0.25) is 5.88 Å². The number of benzene rings is 4. The maximum absolute atomic E-state index is 13.4. The minimum Gasteiger partial charge on any atom is -0.481 e. The summed E-state index contributed by atoms with van der Waals surface area (Å²) in [5, 5.41) is 14.2. The van der Waals surface area contributed by atoms with Crippen molar-refractivity contribution in [2.45, 2.75) is 17.9 Å². The van der Waals surface area contributed by atoms with Crippen molar-refractivity contribution in [3.8, 4) is 5.88 Å². The molecule has 7 heteroatoms. The Bertz CT molecular complexity index is 1710. The van der Waals surface area contributed by atoms with Crippen molar-refractivity contribution < 1.29 is 14.6 Å². The van der Waals surface area contributed by atoms with Gasteiger partial charge in [0.25, 0.3) is 0 Å². The molecule has 0 fully saturated rings. The highest BCUT2D eigenvalue weighted by molar-refractivity contribution is 9.10. The van der Waals surface area contributed by atoms with E-state index in [9.17, 15) is 9.90 Å². The third kappa shape index (κ3) is 6.27. The summed E-state index contributed by atoms with van der Waals surface area (Å²) in [6.45, 7) is 0.643. The van der Waals surface area contributed by atoms with Gasteiger partial charge in [-0.1, -0.05) is 82.1 Å². The van der Waals surface area contributed by atoms with Crippen molar-refractivity contribution in [2.24, 2.45) is 0 Å². The molecular formula is C35H32BrClN2O3. The smallest absolute Gasteiger partial charge is 0.217 e. The number of ketones is 1. The number of aliphatic hydroxyl groups is 1. The zero-order valence-corrected chi connectivity index (χ0v) is 26.1. The van der Waals surface area contributed by atoms with Gasteiger partial charge in [-0.25, -0.2) is 4.98 Å². The lowest BCUT2D eigenvalue weighted by molar-refractivity contribution is 0.00380. The molecule has 0 amide bonds. The van der Waals surface area contributed by atoms with Gasteiger partial charge < -0.3 is 14.7 Å². The first kappa shape index (κ1) is 29.9. The lowest BCUT2D eigenvalue weighted by Gasteiger charge is -2.39. The zero-order chi connectivity index (χ0) is 29.9. The fourth-order valence-corrected chi connectivity index (χ4v) is 5.95. The molecule has 2 unspecified atom stereocenters. The summed E-state index contributed by atoms with van der Waals surface area (Å²) in [6.07, 6.45) is 0.444. The number of carbonyl (C=O) groups is 1. The molecule has 42 heavy (non-hydrogen) atoms. The Morgan fingerprint density at radius 2 is 1.67 bits per heavy atom. The minimum atomic E-state index is -1.33. The third-order valence-electron chi connectivity index (χ3n) is 7.56. The highest BCUT2D eigenvalue weighted by atomic mass is 79.9. The highest BCUT2D eigenvalue weighted by Gasteiger charge is 2.42. The number of halogens is 2. The van der Waals surface area contributed by atoms with Crippen LogP contribution in [0.2, 0.25) is 5.02 Å². The van der Waals surface area contributed by atoms with Crippen LogP contribution in [0.5, 0.6) is 5.88 Å². The Morgan fingerprint density at radius 1 is 0.952 bits per heavy atom. The Balaban J connectivity index is 1.73. The summed E-state index contributed by atoms with van der Waals surface area (Å²) in [7, 11) is 5.57. The Kier molecular flexibility index (Phi) is 9.09. The van der Waals surface area contributed by atoms with Crippen LogP contribution in [0.4, 0.5) is 0 Å². The predicted octanol–water partition coefficient (Wildman–Crippen LogP) is 7.86. The van der Waals surface area contributed by atoms with E-state index in [2.05, 4.69) is 20.8 Å². The molecule has 0 radical (unpaired) electrons. The Labute approximate surface area is 259 Å². The monoisotopic (exact) mass is 642 g/mol. The molecule has 0 aliphatic heterocycles. The molecule has 1 aromatic heterocycles. The molecule has 1 heterocycles. The number of fused-ring (bicyclic) bond motifs is 1. The first-order chi connectivity index (χ1) is 20.2. The van der Waals surface area contributed by atoms with E-state index in [1.807, 2.05) is 105 Å². The quantitative estimate of drug-likeness (QED) is 0.157. The third-order valence-corrected chi connectivity index (χ3v) is 8.30. The standard InChI is InChI=1S/C35H32BrClN2O3/c1-39(2)19-18-35(41,27-9-5-4-6-10-27)32(23-12-15-29(37)16-13-23)30-22-26-20-25(14-17-31(26)38-34(30)42-3)33(40)24-8-7-11-28(36)21-24/h4-17,20-22,32,41H,18-19H2,1-3H3. The van der Waals surface area contributed by atoms with E-state index in [1.54, 1.807) is 19.2 Å². The molecule has 5 nitrogen and oxygen atoms in total. The fourth-order valence-electron chi connectivity index (χ4n) is 5.43. The van der Waals surface area contributed by atoms with E-state index < -0.39 is 11.5 Å². The zero-order valence-electron chi connectivity index (χ0n) is 23.7. The summed E-state index contributed by atoms with van der Waals surface area (Å²) in [5.74, 6) is -0.238. The number of hydrogen-bond acceptors (Lipinski definition) is 5. The summed E-state index contributed by atoms with van der Waals surface area (Å²) >= 11 is 9.76. The van der Waals surface area contributed by atoms with Gasteiger partial charge in [0.1, 0.15) is 5.60 Å². The van der Waals surface area contributed by atoms with Gasteiger partial charge >= 0.3 is 0 Å². The first-order valence-electron chi connectivity index (χ1n) is 13.7. The lowest BCUT2D eigenvalue weighted by atomic mass is 9.71. The van der Waals surface area contributed by atoms with Crippen molar-refractivity contribution >= 4 is 44.2 Å². The molecule has 0 saturated heterocycles. The van der Waals surface area contributed by atoms with Crippen LogP contribution in [0.25, 0.3) is 10.9 Å². The van der Waals surface area contributed by atoms with Crippen LogP contribution in [-0.2, 0) is 5.60 Å². The van der Waals surface area contributed by atoms with Crippen molar-refractivity contribution in [3.05, 3.63) is 140 Å². The average Bonchev–Trinajstić information content (AvgIpc) is 3.00. The molecule has 5 rings (SSSR count). The van der Waals surface area contributed by atoms with E-state index in [4.69, 9.17) is 21.3 Å². The highest BCUT2D eigenvalue weighted by Crippen LogP contribution is 2.47. The Hall–Kier alpha value is -3.55. The SMILES string of the molecule is COc1nc2ccc(C(=O)c3cccc(Br)c3)cc2cc1C(c1ccc(Cl)cc1)C(O)(CCN(C)C)c1ccccc1. The van der Waals surface area contributed by atoms with E-state index in [0.717, 1.165) is 21.0 Å². The number of aromatic nitrogens is 1. The van der Waals surface area contributed by atoms with E-state index in [-0.39, 0.29) is 5.78 Å². The molecule has 0 saturated carbocycles. The van der Waals surface area contributed by atoms with Crippen LogP contribution in [0.15, 0.2) is 108 Å². The molecular weight excluding hydrogens is 612 g/mol. The minimum absolute atomic E-state index is 0.0865. The van der Waals surface area contributed by atoms with Crippen LogP contribution in [0.3, 0.4) is 0 Å². The number of nitrogens with zero attached hydrogens (tertiary/aromatic N) is 2. The van der Waals surface area contributed by atoms with Gasteiger partial charge in [-0.3, -0.25) is 4.79 Å². The van der Waals surface area contributed by atoms with E-state index >= 15 is 0 Å². The summed E-state index contributed by atoms with van der Waals surface area (Å²) in [5.41, 5.74) is 2.86. The summed E-state index contributed by atoms with van der Waals surface area (Å²) in [4.78, 5) is 20.3. The maximum atomic E-state index is 13.4. The molecule has 5 aromatic rings. The predicted molar refractivity (Wildman–Crippen MR) is 173 cm³/mol.